The average Bonchev–Trinajstić information content (AvgIpc) is 2.62. The summed E-state index contributed by atoms with van der Waals surface area (Å²) >= 11 is 0. The SMILES string of the molecule is COCCOc1ccc(C(F)(F)F)cc1NS(=O)(=O)c1ccccc1OC. The van der Waals surface area contributed by atoms with Crippen LogP contribution in [0.2, 0.25) is 0 Å². The second-order valence-corrected chi connectivity index (χ2v) is 6.96. The summed E-state index contributed by atoms with van der Waals surface area (Å²) in [4.78, 5) is -0.215. The number of alkyl halides is 3. The Morgan fingerprint density at radius 2 is 1.70 bits per heavy atom. The van der Waals surface area contributed by atoms with Gasteiger partial charge >= 0.3 is 6.18 Å². The molecule has 0 bridgehead atoms. The van der Waals surface area contributed by atoms with Gasteiger partial charge in [-0.2, -0.15) is 13.2 Å². The van der Waals surface area contributed by atoms with Gasteiger partial charge in [-0.1, -0.05) is 12.1 Å². The van der Waals surface area contributed by atoms with Crippen LogP contribution in [0.15, 0.2) is 47.4 Å². The van der Waals surface area contributed by atoms with Gasteiger partial charge in [-0.25, -0.2) is 8.42 Å². The van der Waals surface area contributed by atoms with Gasteiger partial charge in [-0.3, -0.25) is 4.72 Å². The fourth-order valence-electron chi connectivity index (χ4n) is 2.19. The summed E-state index contributed by atoms with van der Waals surface area (Å²) in [6, 6.07) is 8.29. The summed E-state index contributed by atoms with van der Waals surface area (Å²) in [5.74, 6) is -0.00245. The molecule has 0 atom stereocenters. The van der Waals surface area contributed by atoms with Gasteiger partial charge in [0.25, 0.3) is 10.0 Å². The normalized spacial score (nSPS) is 11.9. The minimum atomic E-state index is -4.64. The van der Waals surface area contributed by atoms with Crippen molar-refractivity contribution in [2.24, 2.45) is 0 Å². The minimum Gasteiger partial charge on any atom is -0.495 e. The molecule has 0 aliphatic carbocycles. The zero-order chi connectivity index (χ0) is 20.1. The highest BCUT2D eigenvalue weighted by Crippen LogP contribution is 2.36. The molecule has 0 aromatic heterocycles. The third-order valence-corrected chi connectivity index (χ3v) is 4.86. The Hall–Kier alpha value is -2.46. The first-order chi connectivity index (χ1) is 12.7. The highest BCUT2D eigenvalue weighted by molar-refractivity contribution is 7.92. The zero-order valence-corrected chi connectivity index (χ0v) is 15.4. The predicted octanol–water partition coefficient (Wildman–Crippen LogP) is 3.54. The van der Waals surface area contributed by atoms with Crippen LogP contribution in [0.5, 0.6) is 11.5 Å². The number of ether oxygens (including phenoxy) is 3. The smallest absolute Gasteiger partial charge is 0.416 e. The summed E-state index contributed by atoms with van der Waals surface area (Å²) in [6.07, 6.45) is -4.64. The maximum Gasteiger partial charge on any atom is 0.416 e. The number of hydrogen-bond donors (Lipinski definition) is 1. The lowest BCUT2D eigenvalue weighted by Crippen LogP contribution is -2.16. The monoisotopic (exact) mass is 405 g/mol. The molecule has 0 aliphatic rings. The van der Waals surface area contributed by atoms with Crippen molar-refractivity contribution in [2.45, 2.75) is 11.1 Å². The van der Waals surface area contributed by atoms with E-state index in [1.165, 1.54) is 32.4 Å². The third kappa shape index (κ3) is 5.27. The van der Waals surface area contributed by atoms with Gasteiger partial charge < -0.3 is 14.2 Å². The lowest BCUT2D eigenvalue weighted by Gasteiger charge is -2.17. The summed E-state index contributed by atoms with van der Waals surface area (Å²) in [7, 11) is -1.50. The van der Waals surface area contributed by atoms with Gasteiger partial charge in [-0.05, 0) is 30.3 Å². The largest absolute Gasteiger partial charge is 0.495 e. The van der Waals surface area contributed by atoms with Crippen LogP contribution >= 0.6 is 0 Å². The Morgan fingerprint density at radius 1 is 1.00 bits per heavy atom. The van der Waals surface area contributed by atoms with Gasteiger partial charge in [0.05, 0.1) is 25.0 Å². The highest BCUT2D eigenvalue weighted by atomic mass is 32.2. The predicted molar refractivity (Wildman–Crippen MR) is 92.6 cm³/mol. The first-order valence-corrected chi connectivity index (χ1v) is 9.16. The number of halogens is 3. The van der Waals surface area contributed by atoms with E-state index in [0.29, 0.717) is 6.07 Å². The molecule has 148 valence electrons. The number of methoxy groups -OCH3 is 2. The molecule has 6 nitrogen and oxygen atoms in total. The number of para-hydroxylation sites is 1. The van der Waals surface area contributed by atoms with Crippen LogP contribution < -0.4 is 14.2 Å². The van der Waals surface area contributed by atoms with Gasteiger partial charge in [0, 0.05) is 7.11 Å². The summed E-state index contributed by atoms with van der Waals surface area (Å²) in [5.41, 5.74) is -1.36. The van der Waals surface area contributed by atoms with Crippen molar-refractivity contribution >= 4 is 15.7 Å². The molecule has 10 heteroatoms. The van der Waals surface area contributed by atoms with E-state index in [1.54, 1.807) is 6.07 Å². The zero-order valence-electron chi connectivity index (χ0n) is 14.5. The quantitative estimate of drug-likeness (QED) is 0.680. The maximum atomic E-state index is 13.0. The van der Waals surface area contributed by atoms with E-state index < -0.39 is 21.8 Å². The number of anilines is 1. The molecule has 2 aromatic rings. The van der Waals surface area contributed by atoms with Gasteiger partial charge in [0.1, 0.15) is 23.0 Å². The Labute approximate surface area is 154 Å². The number of nitrogens with one attached hydrogen (secondary N) is 1. The second kappa shape index (κ2) is 8.49. The number of sulfonamides is 1. The Morgan fingerprint density at radius 3 is 2.33 bits per heavy atom. The molecule has 0 amide bonds. The van der Waals surface area contributed by atoms with Crippen molar-refractivity contribution in [1.29, 1.82) is 0 Å². The number of hydrogen-bond acceptors (Lipinski definition) is 5. The van der Waals surface area contributed by atoms with E-state index in [9.17, 15) is 21.6 Å². The van der Waals surface area contributed by atoms with Gasteiger partial charge in [0.2, 0.25) is 0 Å². The summed E-state index contributed by atoms with van der Waals surface area (Å²) in [5, 5.41) is 0. The highest BCUT2D eigenvalue weighted by Gasteiger charge is 2.32. The van der Waals surface area contributed by atoms with E-state index in [1.807, 2.05) is 0 Å². The van der Waals surface area contributed by atoms with Gasteiger partial charge in [0.15, 0.2) is 0 Å². The van der Waals surface area contributed by atoms with Crippen LogP contribution in [0, 0.1) is 0 Å². The van der Waals surface area contributed by atoms with E-state index in [4.69, 9.17) is 14.2 Å². The van der Waals surface area contributed by atoms with Crippen LogP contribution in [-0.4, -0.2) is 35.9 Å². The van der Waals surface area contributed by atoms with E-state index in [-0.39, 0.29) is 35.3 Å². The van der Waals surface area contributed by atoms with Crippen molar-refractivity contribution < 1.29 is 35.8 Å². The molecule has 0 fully saturated rings. The van der Waals surface area contributed by atoms with E-state index >= 15 is 0 Å². The van der Waals surface area contributed by atoms with Crippen LogP contribution in [0.4, 0.5) is 18.9 Å². The van der Waals surface area contributed by atoms with E-state index in [2.05, 4.69) is 4.72 Å². The fraction of sp³-hybridized carbons (Fsp3) is 0.294. The molecule has 2 aromatic carbocycles. The third-order valence-electron chi connectivity index (χ3n) is 3.45. The van der Waals surface area contributed by atoms with Crippen molar-refractivity contribution in [3.63, 3.8) is 0 Å². The molecule has 0 radical (unpaired) electrons. The summed E-state index contributed by atoms with van der Waals surface area (Å²) < 4.78 is 81.7. The molecular weight excluding hydrogens is 387 g/mol. The topological polar surface area (TPSA) is 73.9 Å². The summed E-state index contributed by atoms with van der Waals surface area (Å²) in [6.45, 7) is 0.213. The van der Waals surface area contributed by atoms with Crippen LogP contribution in [0.25, 0.3) is 0 Å². The lowest BCUT2D eigenvalue weighted by atomic mass is 10.2. The molecule has 0 saturated carbocycles. The molecule has 1 N–H and O–H groups in total. The van der Waals surface area contributed by atoms with Gasteiger partial charge in [-0.15, -0.1) is 0 Å². The molecule has 0 spiro atoms. The Bertz CT molecular complexity index is 884. The standard InChI is InChI=1S/C17H18F3NO5S/c1-24-9-10-26-14-8-7-12(17(18,19)20)11-13(14)21-27(22,23)16-6-4-3-5-15(16)25-2/h3-8,11,21H,9-10H2,1-2H3. The lowest BCUT2D eigenvalue weighted by molar-refractivity contribution is -0.137. The van der Waals surface area contributed by atoms with Crippen molar-refractivity contribution in [3.8, 4) is 11.5 Å². The molecule has 0 heterocycles. The van der Waals surface area contributed by atoms with Crippen molar-refractivity contribution in [3.05, 3.63) is 48.0 Å². The minimum absolute atomic E-state index is 0.0330. The number of benzene rings is 2. The van der Waals surface area contributed by atoms with E-state index in [0.717, 1.165) is 12.1 Å². The first-order valence-electron chi connectivity index (χ1n) is 7.68. The Balaban J connectivity index is 2.44. The Kier molecular flexibility index (Phi) is 6.55. The maximum absolute atomic E-state index is 13.0. The average molecular weight is 405 g/mol. The molecular formula is C17H18F3NO5S. The second-order valence-electron chi connectivity index (χ2n) is 5.31. The molecule has 0 saturated heterocycles. The molecule has 2 rings (SSSR count). The first kappa shape index (κ1) is 20.8. The van der Waals surface area contributed by atoms with Crippen LogP contribution in [0.1, 0.15) is 5.56 Å². The molecule has 0 aliphatic heterocycles. The number of rotatable bonds is 8. The fourth-order valence-corrected chi connectivity index (χ4v) is 3.42. The van der Waals surface area contributed by atoms with Crippen LogP contribution in [0.3, 0.4) is 0 Å². The van der Waals surface area contributed by atoms with Crippen molar-refractivity contribution in [2.75, 3.05) is 32.2 Å². The van der Waals surface area contributed by atoms with Crippen LogP contribution in [-0.2, 0) is 20.9 Å². The molecule has 27 heavy (non-hydrogen) atoms. The molecule has 0 unspecified atom stereocenters. The van der Waals surface area contributed by atoms with Crippen molar-refractivity contribution in [1.82, 2.24) is 0 Å².